The molecule has 0 saturated carbocycles. The Morgan fingerprint density at radius 1 is 1.22 bits per heavy atom. The van der Waals surface area contributed by atoms with Crippen molar-refractivity contribution in [3.8, 4) is 0 Å². The van der Waals surface area contributed by atoms with Gasteiger partial charge in [0.15, 0.2) is 0 Å². The number of halogens is 1. The van der Waals surface area contributed by atoms with E-state index in [4.69, 9.17) is 5.73 Å². The van der Waals surface area contributed by atoms with Crippen LogP contribution >= 0.6 is 27.3 Å². The Kier molecular flexibility index (Phi) is 3.16. The van der Waals surface area contributed by atoms with Gasteiger partial charge in [0.05, 0.1) is 15.3 Å². The first-order valence-corrected chi connectivity index (χ1v) is 7.26. The van der Waals surface area contributed by atoms with E-state index < -0.39 is 0 Å². The smallest absolute Gasteiger partial charge is 0.0705 e. The number of fused-ring (bicyclic) bond motifs is 1. The number of thiophene rings is 1. The summed E-state index contributed by atoms with van der Waals surface area (Å²) in [5.74, 6) is 0. The number of nitrogens with two attached hydrogens (primary N) is 1. The van der Waals surface area contributed by atoms with E-state index >= 15 is 0 Å². The number of pyridine rings is 1. The number of aromatic nitrogens is 1. The second-order valence-electron chi connectivity index (χ2n) is 4.08. The lowest BCUT2D eigenvalue weighted by molar-refractivity contribution is 0.885. The van der Waals surface area contributed by atoms with Gasteiger partial charge in [-0.2, -0.15) is 0 Å². The highest BCUT2D eigenvalue weighted by molar-refractivity contribution is 9.11. The molecule has 1 atom stereocenters. The molecule has 0 radical (unpaired) electrons. The zero-order valence-corrected chi connectivity index (χ0v) is 11.9. The Labute approximate surface area is 118 Å². The monoisotopic (exact) mass is 318 g/mol. The van der Waals surface area contributed by atoms with Crippen molar-refractivity contribution in [2.75, 3.05) is 0 Å². The molecule has 0 amide bonds. The first kappa shape index (κ1) is 11.8. The zero-order valence-electron chi connectivity index (χ0n) is 9.51. The maximum atomic E-state index is 6.35. The Morgan fingerprint density at radius 3 is 2.89 bits per heavy atom. The molecule has 2 nitrogen and oxygen atoms in total. The second kappa shape index (κ2) is 4.80. The maximum Gasteiger partial charge on any atom is 0.0705 e. The van der Waals surface area contributed by atoms with Crippen molar-refractivity contribution in [3.63, 3.8) is 0 Å². The third-order valence-electron chi connectivity index (χ3n) is 2.96. The van der Waals surface area contributed by atoms with E-state index in [0.29, 0.717) is 0 Å². The van der Waals surface area contributed by atoms with Crippen LogP contribution in [0.2, 0.25) is 0 Å². The van der Waals surface area contributed by atoms with Gasteiger partial charge in [0.25, 0.3) is 0 Å². The van der Waals surface area contributed by atoms with Gasteiger partial charge in [0.2, 0.25) is 0 Å². The lowest BCUT2D eigenvalue weighted by Crippen LogP contribution is -2.11. The summed E-state index contributed by atoms with van der Waals surface area (Å²) in [7, 11) is 0. The quantitative estimate of drug-likeness (QED) is 0.772. The first-order chi connectivity index (χ1) is 8.75. The van der Waals surface area contributed by atoms with Gasteiger partial charge in [-0.05, 0) is 50.6 Å². The Hall–Kier alpha value is -1.23. The molecule has 2 aromatic heterocycles. The lowest BCUT2D eigenvalue weighted by Gasteiger charge is -2.13. The second-order valence-corrected chi connectivity index (χ2v) is 6.37. The fraction of sp³-hybridized carbons (Fsp3) is 0.0714. The molecule has 2 N–H and O–H groups in total. The summed E-state index contributed by atoms with van der Waals surface area (Å²) < 4.78 is 1.10. The molecule has 1 aromatic carbocycles. The van der Waals surface area contributed by atoms with Gasteiger partial charge in [-0.3, -0.25) is 4.98 Å². The average molecular weight is 319 g/mol. The molecular weight excluding hydrogens is 308 g/mol. The Bertz CT molecular complexity index is 688. The summed E-state index contributed by atoms with van der Waals surface area (Å²) in [4.78, 5) is 4.36. The molecule has 2 heterocycles. The van der Waals surface area contributed by atoms with E-state index in [0.717, 1.165) is 25.8 Å². The molecule has 3 rings (SSSR count). The molecule has 0 aliphatic rings. The predicted octanol–water partition coefficient (Wildman–Crippen LogP) is 4.11. The lowest BCUT2D eigenvalue weighted by atomic mass is 9.98. The molecule has 0 aliphatic heterocycles. The molecule has 90 valence electrons. The van der Waals surface area contributed by atoms with Crippen LogP contribution in [0.5, 0.6) is 0 Å². The van der Waals surface area contributed by atoms with E-state index in [1.807, 2.05) is 18.2 Å². The SMILES string of the molecule is NC(c1csc(Br)c1)c1cccc2ncccc12. The number of benzene rings is 1. The molecule has 0 spiro atoms. The molecule has 4 heteroatoms. The van der Waals surface area contributed by atoms with Crippen LogP contribution in [-0.4, -0.2) is 4.98 Å². The van der Waals surface area contributed by atoms with Crippen LogP contribution in [0.25, 0.3) is 10.9 Å². The normalized spacial score (nSPS) is 12.8. The highest BCUT2D eigenvalue weighted by atomic mass is 79.9. The highest BCUT2D eigenvalue weighted by Crippen LogP contribution is 2.30. The van der Waals surface area contributed by atoms with Crippen LogP contribution in [0.15, 0.2) is 51.8 Å². The molecular formula is C14H11BrN2S. The van der Waals surface area contributed by atoms with Crippen LogP contribution in [0.4, 0.5) is 0 Å². The van der Waals surface area contributed by atoms with Crippen molar-refractivity contribution < 1.29 is 0 Å². The van der Waals surface area contributed by atoms with E-state index in [2.05, 4.69) is 44.5 Å². The van der Waals surface area contributed by atoms with Gasteiger partial charge in [0, 0.05) is 11.6 Å². The molecule has 3 aromatic rings. The maximum absolute atomic E-state index is 6.35. The van der Waals surface area contributed by atoms with Gasteiger partial charge in [-0.15, -0.1) is 11.3 Å². The number of hydrogen-bond acceptors (Lipinski definition) is 3. The Morgan fingerprint density at radius 2 is 2.11 bits per heavy atom. The average Bonchev–Trinajstić information content (AvgIpc) is 2.84. The minimum atomic E-state index is -0.111. The van der Waals surface area contributed by atoms with Crippen molar-refractivity contribution in [2.45, 2.75) is 6.04 Å². The van der Waals surface area contributed by atoms with Crippen molar-refractivity contribution in [2.24, 2.45) is 5.73 Å². The van der Waals surface area contributed by atoms with Crippen LogP contribution in [0.3, 0.4) is 0 Å². The molecule has 0 saturated heterocycles. The Balaban J connectivity index is 2.14. The van der Waals surface area contributed by atoms with E-state index in [1.165, 1.54) is 0 Å². The third-order valence-corrected chi connectivity index (χ3v) is 4.48. The summed E-state index contributed by atoms with van der Waals surface area (Å²) in [6.07, 6.45) is 1.80. The van der Waals surface area contributed by atoms with Gasteiger partial charge in [0.1, 0.15) is 0 Å². The standard InChI is InChI=1S/C14H11BrN2S/c15-13-7-9(8-18-13)14(16)11-3-1-5-12-10(11)4-2-6-17-12/h1-8,14H,16H2. The summed E-state index contributed by atoms with van der Waals surface area (Å²) in [5, 5.41) is 3.21. The van der Waals surface area contributed by atoms with Gasteiger partial charge < -0.3 is 5.73 Å². The van der Waals surface area contributed by atoms with Gasteiger partial charge in [-0.1, -0.05) is 18.2 Å². The molecule has 0 bridgehead atoms. The fourth-order valence-corrected chi connectivity index (χ4v) is 3.28. The van der Waals surface area contributed by atoms with Crippen molar-refractivity contribution in [1.82, 2.24) is 4.98 Å². The van der Waals surface area contributed by atoms with Gasteiger partial charge >= 0.3 is 0 Å². The summed E-state index contributed by atoms with van der Waals surface area (Å²) >= 11 is 5.13. The van der Waals surface area contributed by atoms with Crippen LogP contribution < -0.4 is 5.73 Å². The van der Waals surface area contributed by atoms with Crippen LogP contribution in [0, 0.1) is 0 Å². The predicted molar refractivity (Wildman–Crippen MR) is 79.8 cm³/mol. The third kappa shape index (κ3) is 2.07. The van der Waals surface area contributed by atoms with E-state index in [9.17, 15) is 0 Å². The van der Waals surface area contributed by atoms with Crippen LogP contribution in [-0.2, 0) is 0 Å². The fourth-order valence-electron chi connectivity index (χ4n) is 2.06. The largest absolute Gasteiger partial charge is 0.320 e. The topological polar surface area (TPSA) is 38.9 Å². The molecule has 0 fully saturated rings. The highest BCUT2D eigenvalue weighted by Gasteiger charge is 2.13. The number of nitrogens with zero attached hydrogens (tertiary/aromatic N) is 1. The summed E-state index contributed by atoms with van der Waals surface area (Å²) in [5.41, 5.74) is 9.58. The minimum absolute atomic E-state index is 0.111. The summed E-state index contributed by atoms with van der Waals surface area (Å²) in [6.45, 7) is 0. The molecule has 0 aliphatic carbocycles. The zero-order chi connectivity index (χ0) is 12.5. The number of rotatable bonds is 2. The molecule has 18 heavy (non-hydrogen) atoms. The number of hydrogen-bond donors (Lipinski definition) is 1. The summed E-state index contributed by atoms with van der Waals surface area (Å²) in [6, 6.07) is 12.1. The minimum Gasteiger partial charge on any atom is -0.320 e. The van der Waals surface area contributed by atoms with Crippen molar-refractivity contribution in [3.05, 3.63) is 62.9 Å². The van der Waals surface area contributed by atoms with E-state index in [-0.39, 0.29) is 6.04 Å². The first-order valence-electron chi connectivity index (χ1n) is 5.59. The van der Waals surface area contributed by atoms with Crippen molar-refractivity contribution in [1.29, 1.82) is 0 Å². The van der Waals surface area contributed by atoms with Crippen LogP contribution in [0.1, 0.15) is 17.2 Å². The van der Waals surface area contributed by atoms with E-state index in [1.54, 1.807) is 17.5 Å². The molecule has 1 unspecified atom stereocenters. The van der Waals surface area contributed by atoms with Crippen molar-refractivity contribution >= 4 is 38.2 Å². The van der Waals surface area contributed by atoms with Gasteiger partial charge in [-0.25, -0.2) is 0 Å².